The highest BCUT2D eigenvalue weighted by Gasteiger charge is 2.25. The van der Waals surface area contributed by atoms with E-state index >= 15 is 0 Å². The summed E-state index contributed by atoms with van der Waals surface area (Å²) in [6.07, 6.45) is 0. The Balaban J connectivity index is 2.07. The second-order valence-electron chi connectivity index (χ2n) is 6.31. The first kappa shape index (κ1) is 21.3. The van der Waals surface area contributed by atoms with Crippen molar-refractivity contribution in [1.29, 1.82) is 0 Å². The molecule has 0 aliphatic rings. The Labute approximate surface area is 172 Å². The second kappa shape index (κ2) is 7.76. The Hall–Kier alpha value is -3.44. The van der Waals surface area contributed by atoms with Crippen LogP contribution in [0.2, 0.25) is 0 Å². The van der Waals surface area contributed by atoms with Crippen molar-refractivity contribution in [2.24, 2.45) is 0 Å². The van der Waals surface area contributed by atoms with Crippen LogP contribution in [0.3, 0.4) is 0 Å². The van der Waals surface area contributed by atoms with E-state index in [1.54, 1.807) is 6.07 Å². The van der Waals surface area contributed by atoms with Crippen molar-refractivity contribution in [1.82, 2.24) is 0 Å². The number of phenolic OH excluding ortho intramolecular Hbond substituents is 1. The van der Waals surface area contributed by atoms with Crippen molar-refractivity contribution in [2.45, 2.75) is 21.6 Å². The average Bonchev–Trinajstić information content (AvgIpc) is 2.70. The average molecular weight is 448 g/mol. The molecule has 0 amide bonds. The molecule has 0 radical (unpaired) electrons. The van der Waals surface area contributed by atoms with Crippen molar-refractivity contribution in [3.63, 3.8) is 0 Å². The number of aryl methyl sites for hydroxylation is 1. The first-order valence-electron chi connectivity index (χ1n) is 8.43. The number of rotatable bonds is 6. The van der Waals surface area contributed by atoms with Gasteiger partial charge < -0.3 is 5.11 Å². The van der Waals surface area contributed by atoms with Gasteiger partial charge in [0.2, 0.25) is 9.84 Å². The van der Waals surface area contributed by atoms with E-state index in [2.05, 4.69) is 4.72 Å². The van der Waals surface area contributed by atoms with Crippen LogP contribution in [-0.4, -0.2) is 26.9 Å². The zero-order chi connectivity index (χ0) is 22.1. The molecule has 0 aromatic heterocycles. The van der Waals surface area contributed by atoms with E-state index in [1.807, 2.05) is 0 Å². The predicted octanol–water partition coefficient (Wildman–Crippen LogP) is 3.24. The monoisotopic (exact) mass is 448 g/mol. The van der Waals surface area contributed by atoms with Crippen LogP contribution >= 0.6 is 0 Å². The van der Waals surface area contributed by atoms with Crippen molar-refractivity contribution in [3.8, 4) is 5.75 Å². The Morgan fingerprint density at radius 3 is 2.17 bits per heavy atom. The summed E-state index contributed by atoms with van der Waals surface area (Å²) in [7, 11) is -8.38. The van der Waals surface area contributed by atoms with E-state index in [1.165, 1.54) is 43.3 Å². The van der Waals surface area contributed by atoms with Crippen LogP contribution in [0.25, 0.3) is 0 Å². The summed E-state index contributed by atoms with van der Waals surface area (Å²) in [4.78, 5) is 9.28. The summed E-state index contributed by atoms with van der Waals surface area (Å²) >= 11 is 0. The third-order valence-electron chi connectivity index (χ3n) is 4.23. The van der Waals surface area contributed by atoms with Gasteiger partial charge in [0.1, 0.15) is 10.6 Å². The summed E-state index contributed by atoms with van der Waals surface area (Å²) in [5.74, 6) is -0.533. The fraction of sp³-hybridized carbons (Fsp3) is 0.0526. The van der Waals surface area contributed by atoms with Gasteiger partial charge in [-0.05, 0) is 42.8 Å². The summed E-state index contributed by atoms with van der Waals surface area (Å²) in [5, 5.41) is 21.1. The number of nitrogens with one attached hydrogen (secondary N) is 1. The molecule has 0 unspecified atom stereocenters. The highest BCUT2D eigenvalue weighted by Crippen LogP contribution is 2.34. The molecule has 0 aliphatic heterocycles. The number of nitro benzene ring substituents is 1. The molecule has 3 aromatic rings. The van der Waals surface area contributed by atoms with Crippen LogP contribution in [0.4, 0.5) is 11.4 Å². The van der Waals surface area contributed by atoms with Gasteiger partial charge in [0.05, 0.1) is 20.4 Å². The van der Waals surface area contributed by atoms with Crippen molar-refractivity contribution >= 4 is 31.2 Å². The zero-order valence-electron chi connectivity index (χ0n) is 15.5. The number of non-ortho nitro benzene ring substituents is 1. The molecule has 156 valence electrons. The van der Waals surface area contributed by atoms with Gasteiger partial charge >= 0.3 is 0 Å². The Kier molecular flexibility index (Phi) is 5.51. The summed E-state index contributed by atoms with van der Waals surface area (Å²) in [6.45, 7) is 1.48. The summed E-state index contributed by atoms with van der Waals surface area (Å²) < 4.78 is 53.4. The van der Waals surface area contributed by atoms with Crippen LogP contribution < -0.4 is 4.72 Å². The minimum Gasteiger partial charge on any atom is -0.507 e. The number of nitrogens with zero attached hydrogens (tertiary/aromatic N) is 1. The largest absolute Gasteiger partial charge is 0.507 e. The maximum absolute atomic E-state index is 12.9. The minimum absolute atomic E-state index is 0.0726. The number of hydrogen-bond acceptors (Lipinski definition) is 7. The molecular formula is C19H16N2O7S2. The summed E-state index contributed by atoms with van der Waals surface area (Å²) in [5.41, 5.74) is -0.241. The van der Waals surface area contributed by atoms with Gasteiger partial charge in [-0.2, -0.15) is 0 Å². The van der Waals surface area contributed by atoms with E-state index in [-0.39, 0.29) is 21.0 Å². The molecule has 2 N–H and O–H groups in total. The molecule has 3 rings (SSSR count). The van der Waals surface area contributed by atoms with Gasteiger partial charge in [0.15, 0.2) is 0 Å². The number of sulfone groups is 1. The fourth-order valence-corrected chi connectivity index (χ4v) is 5.23. The lowest BCUT2D eigenvalue weighted by atomic mass is 10.2. The number of nitro groups is 1. The summed E-state index contributed by atoms with van der Waals surface area (Å²) in [6, 6.07) is 13.9. The molecule has 30 heavy (non-hydrogen) atoms. The Morgan fingerprint density at radius 2 is 1.53 bits per heavy atom. The Morgan fingerprint density at radius 1 is 0.900 bits per heavy atom. The van der Waals surface area contributed by atoms with E-state index in [9.17, 15) is 32.1 Å². The van der Waals surface area contributed by atoms with E-state index in [0.29, 0.717) is 0 Å². The molecule has 0 saturated heterocycles. The normalized spacial score (nSPS) is 11.8. The molecule has 9 nitrogen and oxygen atoms in total. The highest BCUT2D eigenvalue weighted by atomic mass is 32.2. The number of sulfonamides is 1. The lowest BCUT2D eigenvalue weighted by Gasteiger charge is -2.14. The van der Waals surface area contributed by atoms with Gasteiger partial charge in [-0.1, -0.05) is 24.3 Å². The van der Waals surface area contributed by atoms with Crippen LogP contribution in [0, 0.1) is 17.0 Å². The second-order valence-corrected chi connectivity index (χ2v) is 9.91. The molecule has 0 atom stereocenters. The lowest BCUT2D eigenvalue weighted by Crippen LogP contribution is -2.14. The van der Waals surface area contributed by atoms with Gasteiger partial charge in [-0.15, -0.1) is 0 Å². The SMILES string of the molecule is Cc1cc(O)c(S(=O)(=O)c2ccccc2)cc1NS(=O)(=O)c1cccc([N+](=O)[O-])c1. The van der Waals surface area contributed by atoms with Crippen LogP contribution in [0.15, 0.2) is 81.4 Å². The maximum Gasteiger partial charge on any atom is 0.270 e. The van der Waals surface area contributed by atoms with Crippen molar-refractivity contribution in [2.75, 3.05) is 4.72 Å². The molecule has 3 aromatic carbocycles. The van der Waals surface area contributed by atoms with Crippen molar-refractivity contribution < 1.29 is 26.9 Å². The van der Waals surface area contributed by atoms with E-state index in [4.69, 9.17) is 0 Å². The molecule has 0 bridgehead atoms. The number of benzene rings is 3. The van der Waals surface area contributed by atoms with E-state index in [0.717, 1.165) is 24.3 Å². The van der Waals surface area contributed by atoms with Crippen LogP contribution in [0.1, 0.15) is 5.56 Å². The molecule has 0 aliphatic carbocycles. The van der Waals surface area contributed by atoms with Gasteiger partial charge in [0, 0.05) is 12.1 Å². The third-order valence-corrected chi connectivity index (χ3v) is 7.39. The highest BCUT2D eigenvalue weighted by molar-refractivity contribution is 7.93. The topological polar surface area (TPSA) is 144 Å². The first-order valence-corrected chi connectivity index (χ1v) is 11.4. The fourth-order valence-electron chi connectivity index (χ4n) is 2.69. The van der Waals surface area contributed by atoms with Gasteiger partial charge in [0.25, 0.3) is 15.7 Å². The predicted molar refractivity (Wildman–Crippen MR) is 109 cm³/mol. The Bertz CT molecular complexity index is 1340. The number of phenols is 1. The zero-order valence-corrected chi connectivity index (χ0v) is 17.1. The van der Waals surface area contributed by atoms with Gasteiger partial charge in [-0.3, -0.25) is 14.8 Å². The standard InChI is InChI=1S/C19H16N2O7S2/c1-13-10-18(22)19(29(25,26)15-7-3-2-4-8-15)12-17(13)20-30(27,28)16-9-5-6-14(11-16)21(23)24/h2-12,20,22H,1H3. The van der Waals surface area contributed by atoms with Crippen LogP contribution in [0.5, 0.6) is 5.75 Å². The third kappa shape index (κ3) is 4.11. The van der Waals surface area contributed by atoms with Crippen LogP contribution in [-0.2, 0) is 19.9 Å². The molecule has 0 spiro atoms. The lowest BCUT2D eigenvalue weighted by molar-refractivity contribution is -0.385. The molecular weight excluding hydrogens is 432 g/mol. The first-order chi connectivity index (χ1) is 14.0. The maximum atomic E-state index is 12.9. The smallest absolute Gasteiger partial charge is 0.270 e. The number of hydrogen-bond donors (Lipinski definition) is 2. The molecule has 0 saturated carbocycles. The molecule has 11 heteroatoms. The minimum atomic E-state index is -4.26. The van der Waals surface area contributed by atoms with E-state index < -0.39 is 41.1 Å². The molecule has 0 heterocycles. The molecule has 0 fully saturated rings. The number of anilines is 1. The van der Waals surface area contributed by atoms with Gasteiger partial charge in [-0.25, -0.2) is 16.8 Å². The van der Waals surface area contributed by atoms with Crippen molar-refractivity contribution in [3.05, 3.63) is 82.4 Å². The quantitative estimate of drug-likeness (QED) is 0.335. The number of aromatic hydroxyl groups is 1.